The number of hydrazine groups is 1. The summed E-state index contributed by atoms with van der Waals surface area (Å²) in [5.41, 5.74) is 0.923. The molecule has 1 saturated heterocycles. The van der Waals surface area contributed by atoms with Crippen molar-refractivity contribution in [1.82, 2.24) is 19.4 Å². The predicted molar refractivity (Wildman–Crippen MR) is 64.4 cm³/mol. The molecule has 0 spiro atoms. The fourth-order valence-electron chi connectivity index (χ4n) is 1.93. The molecule has 0 aliphatic carbocycles. The van der Waals surface area contributed by atoms with E-state index < -0.39 is 0 Å². The summed E-state index contributed by atoms with van der Waals surface area (Å²) in [6.45, 7) is 3.84. The highest BCUT2D eigenvalue weighted by Crippen LogP contribution is 2.29. The smallest absolute Gasteiger partial charge is 0.147 e. The molecule has 2 N–H and O–H groups in total. The molecule has 90 valence electrons. The molecule has 1 unspecified atom stereocenters. The number of nitrogens with two attached hydrogens (primary N) is 1. The Labute approximate surface area is 103 Å². The Balaban J connectivity index is 2.05. The Morgan fingerprint density at radius 2 is 2.47 bits per heavy atom. The molecule has 0 saturated carbocycles. The molecular weight excluding hydrogens is 238 g/mol. The average molecular weight is 251 g/mol. The van der Waals surface area contributed by atoms with E-state index in [9.17, 15) is 0 Å². The van der Waals surface area contributed by atoms with Crippen LogP contribution in [0.25, 0.3) is 10.2 Å². The van der Waals surface area contributed by atoms with E-state index in [1.54, 1.807) is 5.01 Å². The lowest BCUT2D eigenvalue weighted by molar-refractivity contribution is -0.00962. The Hall–Kier alpha value is -1.15. The van der Waals surface area contributed by atoms with Gasteiger partial charge >= 0.3 is 0 Å². The van der Waals surface area contributed by atoms with Crippen LogP contribution in [0.15, 0.2) is 6.20 Å². The molecule has 1 atom stereocenters. The van der Waals surface area contributed by atoms with Crippen LogP contribution in [-0.2, 0) is 4.74 Å². The molecule has 7 heteroatoms. The Kier molecular flexibility index (Phi) is 2.75. The zero-order valence-corrected chi connectivity index (χ0v) is 10.3. The summed E-state index contributed by atoms with van der Waals surface area (Å²) in [7, 11) is 0. The average Bonchev–Trinajstić information content (AvgIpc) is 2.72. The summed E-state index contributed by atoms with van der Waals surface area (Å²) in [4.78, 5) is 9.49. The summed E-state index contributed by atoms with van der Waals surface area (Å²) < 4.78 is 9.90. The first-order valence-electron chi connectivity index (χ1n) is 5.43. The predicted octanol–water partition coefficient (Wildman–Crippen LogP) is 0.642. The summed E-state index contributed by atoms with van der Waals surface area (Å²) in [6.07, 6.45) is 1.82. The van der Waals surface area contributed by atoms with Gasteiger partial charge in [0.2, 0.25) is 0 Å². The third-order valence-electron chi connectivity index (χ3n) is 2.87. The van der Waals surface area contributed by atoms with E-state index in [-0.39, 0.29) is 6.04 Å². The van der Waals surface area contributed by atoms with Gasteiger partial charge in [-0.25, -0.2) is 15.0 Å². The molecule has 6 nitrogen and oxygen atoms in total. The van der Waals surface area contributed by atoms with Crippen molar-refractivity contribution < 1.29 is 4.74 Å². The van der Waals surface area contributed by atoms with Gasteiger partial charge in [-0.1, -0.05) is 0 Å². The first kappa shape index (κ1) is 11.0. The third-order valence-corrected chi connectivity index (χ3v) is 3.64. The maximum Gasteiger partial charge on any atom is 0.147 e. The maximum atomic E-state index is 5.97. The van der Waals surface area contributed by atoms with Crippen LogP contribution < -0.4 is 5.84 Å². The Morgan fingerprint density at radius 3 is 3.29 bits per heavy atom. The summed E-state index contributed by atoms with van der Waals surface area (Å²) in [5, 5.41) is 2.75. The van der Waals surface area contributed by atoms with Gasteiger partial charge in [0.1, 0.15) is 10.7 Å². The fourth-order valence-corrected chi connectivity index (χ4v) is 2.76. The van der Waals surface area contributed by atoms with E-state index in [4.69, 9.17) is 10.6 Å². The van der Waals surface area contributed by atoms with Crippen molar-refractivity contribution in [3.8, 4) is 0 Å². The number of nitrogens with zero attached hydrogens (tertiary/aromatic N) is 4. The number of aromatic nitrogens is 3. The number of ether oxygens (including phenoxy) is 1. The fraction of sp³-hybridized carbons (Fsp3) is 0.500. The van der Waals surface area contributed by atoms with Crippen molar-refractivity contribution in [2.24, 2.45) is 5.84 Å². The van der Waals surface area contributed by atoms with E-state index in [1.807, 2.05) is 13.1 Å². The van der Waals surface area contributed by atoms with E-state index in [0.717, 1.165) is 28.3 Å². The molecule has 1 aliphatic heterocycles. The van der Waals surface area contributed by atoms with E-state index in [0.29, 0.717) is 13.2 Å². The molecule has 2 aromatic rings. The van der Waals surface area contributed by atoms with Gasteiger partial charge in [0.15, 0.2) is 0 Å². The molecule has 0 amide bonds. The second-order valence-electron chi connectivity index (χ2n) is 4.03. The van der Waals surface area contributed by atoms with Gasteiger partial charge in [-0.3, -0.25) is 5.84 Å². The van der Waals surface area contributed by atoms with Gasteiger partial charge in [-0.15, -0.1) is 0 Å². The largest absolute Gasteiger partial charge is 0.378 e. The van der Waals surface area contributed by atoms with Crippen molar-refractivity contribution in [3.63, 3.8) is 0 Å². The van der Waals surface area contributed by atoms with Crippen LogP contribution in [0.3, 0.4) is 0 Å². The minimum atomic E-state index is 0.00352. The van der Waals surface area contributed by atoms with Gasteiger partial charge in [0.05, 0.1) is 30.3 Å². The highest BCUT2D eigenvalue weighted by Gasteiger charge is 2.26. The first-order chi connectivity index (χ1) is 8.25. The second-order valence-corrected chi connectivity index (χ2v) is 4.78. The molecule has 3 heterocycles. The highest BCUT2D eigenvalue weighted by molar-refractivity contribution is 7.12. The van der Waals surface area contributed by atoms with Crippen LogP contribution in [0.5, 0.6) is 0 Å². The minimum Gasteiger partial charge on any atom is -0.378 e. The number of hydrogen-bond donors (Lipinski definition) is 1. The van der Waals surface area contributed by atoms with Crippen LogP contribution >= 0.6 is 11.5 Å². The van der Waals surface area contributed by atoms with Crippen molar-refractivity contribution in [2.75, 3.05) is 19.8 Å². The van der Waals surface area contributed by atoms with Gasteiger partial charge in [-0.05, 0) is 18.5 Å². The van der Waals surface area contributed by atoms with Crippen LogP contribution in [0.1, 0.15) is 17.6 Å². The van der Waals surface area contributed by atoms with Crippen molar-refractivity contribution >= 4 is 21.7 Å². The summed E-state index contributed by atoms with van der Waals surface area (Å²) in [6, 6.07) is 0.00352. The lowest BCUT2D eigenvalue weighted by atomic mass is 10.1. The molecule has 0 radical (unpaired) electrons. The number of fused-ring (bicyclic) bond motifs is 1. The summed E-state index contributed by atoms with van der Waals surface area (Å²) in [5.74, 6) is 6.73. The van der Waals surface area contributed by atoms with Crippen LogP contribution in [0, 0.1) is 6.92 Å². The molecule has 3 rings (SSSR count). The monoisotopic (exact) mass is 251 g/mol. The lowest BCUT2D eigenvalue weighted by Crippen LogP contribution is -2.44. The molecule has 0 aromatic carbocycles. The van der Waals surface area contributed by atoms with E-state index in [2.05, 4.69) is 14.3 Å². The second kappa shape index (κ2) is 4.26. The van der Waals surface area contributed by atoms with Gasteiger partial charge < -0.3 is 4.74 Å². The quantitative estimate of drug-likeness (QED) is 0.750. The van der Waals surface area contributed by atoms with E-state index in [1.165, 1.54) is 11.5 Å². The number of morpholine rings is 1. The first-order valence-corrected chi connectivity index (χ1v) is 6.21. The lowest BCUT2D eigenvalue weighted by Gasteiger charge is -2.30. The molecule has 17 heavy (non-hydrogen) atoms. The number of hydrogen-bond acceptors (Lipinski definition) is 7. The van der Waals surface area contributed by atoms with Gasteiger partial charge in [-0.2, -0.15) is 4.37 Å². The normalized spacial score (nSPS) is 22.1. The molecule has 1 fully saturated rings. The topological polar surface area (TPSA) is 77.2 Å². The van der Waals surface area contributed by atoms with Crippen molar-refractivity contribution in [1.29, 1.82) is 0 Å². The molecular formula is C10H13N5OS. The van der Waals surface area contributed by atoms with Crippen molar-refractivity contribution in [2.45, 2.75) is 13.0 Å². The maximum absolute atomic E-state index is 5.97. The standard InChI is InChI=1S/C10H13N5OS/c1-6-12-4-7-9(14-17-10(7)13-6)8-5-16-3-2-15(8)11/h4,8H,2-3,5,11H2,1H3. The molecule has 1 aliphatic rings. The highest BCUT2D eigenvalue weighted by atomic mass is 32.1. The van der Waals surface area contributed by atoms with Crippen molar-refractivity contribution in [3.05, 3.63) is 17.7 Å². The summed E-state index contributed by atoms with van der Waals surface area (Å²) >= 11 is 1.38. The van der Waals surface area contributed by atoms with Gasteiger partial charge in [0.25, 0.3) is 0 Å². The molecule has 2 aromatic heterocycles. The SMILES string of the molecule is Cc1ncc2c(C3COCCN3N)nsc2n1. The minimum absolute atomic E-state index is 0.00352. The van der Waals surface area contributed by atoms with E-state index >= 15 is 0 Å². The Bertz CT molecular complexity index is 542. The zero-order valence-electron chi connectivity index (χ0n) is 9.46. The zero-order chi connectivity index (χ0) is 11.8. The van der Waals surface area contributed by atoms with Crippen LogP contribution in [0.2, 0.25) is 0 Å². The number of rotatable bonds is 1. The van der Waals surface area contributed by atoms with Crippen LogP contribution in [0.4, 0.5) is 0 Å². The van der Waals surface area contributed by atoms with Crippen LogP contribution in [-0.4, -0.2) is 39.1 Å². The molecule has 0 bridgehead atoms. The van der Waals surface area contributed by atoms with Gasteiger partial charge in [0, 0.05) is 12.7 Å². The number of aryl methyl sites for hydroxylation is 1. The third kappa shape index (κ3) is 1.91. The Morgan fingerprint density at radius 1 is 1.59 bits per heavy atom.